The van der Waals surface area contributed by atoms with Crippen LogP contribution in [0.5, 0.6) is 0 Å². The number of nitrogens with one attached hydrogen (secondary N) is 2. The van der Waals surface area contributed by atoms with Crippen LogP contribution in [0.4, 0.5) is 0 Å². The lowest BCUT2D eigenvalue weighted by atomic mass is 10.0. The quantitative estimate of drug-likeness (QED) is 0.623. The number of hydrogen-bond donors (Lipinski definition) is 2. The lowest BCUT2D eigenvalue weighted by Crippen LogP contribution is -2.32. The fraction of sp³-hybridized carbons (Fsp3) is 1.00. The van der Waals surface area contributed by atoms with E-state index in [1.165, 1.54) is 25.8 Å². The minimum atomic E-state index is 0.692. The summed E-state index contributed by atoms with van der Waals surface area (Å²) in [4.78, 5) is 0. The predicted octanol–water partition coefficient (Wildman–Crippen LogP) is 2.01. The summed E-state index contributed by atoms with van der Waals surface area (Å²) in [5.74, 6) is 0.752. The zero-order chi connectivity index (χ0) is 10.4. The molecule has 0 bridgehead atoms. The highest BCUT2D eigenvalue weighted by atomic mass is 14.9. The van der Waals surface area contributed by atoms with E-state index in [4.69, 9.17) is 0 Å². The molecule has 2 N–H and O–H groups in total. The summed E-state index contributed by atoms with van der Waals surface area (Å²) in [6.07, 6.45) is 4.23. The monoisotopic (exact) mass is 198 g/mol. The molecule has 0 spiro atoms. The van der Waals surface area contributed by atoms with Crippen molar-refractivity contribution >= 4 is 0 Å². The maximum absolute atomic E-state index is 3.61. The molecule has 2 heteroatoms. The summed E-state index contributed by atoms with van der Waals surface area (Å²) >= 11 is 0. The molecular weight excluding hydrogens is 172 g/mol. The second-order valence-electron chi connectivity index (χ2n) is 4.90. The predicted molar refractivity (Wildman–Crippen MR) is 62.5 cm³/mol. The molecule has 1 saturated carbocycles. The van der Waals surface area contributed by atoms with Crippen LogP contribution in [0, 0.1) is 11.3 Å². The second kappa shape index (κ2) is 5.72. The molecular formula is C12H26N2. The summed E-state index contributed by atoms with van der Waals surface area (Å²) in [6.45, 7) is 11.4. The molecule has 0 aromatic rings. The molecule has 0 aromatic heterocycles. The Morgan fingerprint density at radius 2 is 1.79 bits per heavy atom. The van der Waals surface area contributed by atoms with E-state index in [9.17, 15) is 0 Å². The smallest absolute Gasteiger partial charge is 0.000783 e. The Morgan fingerprint density at radius 3 is 2.29 bits per heavy atom. The zero-order valence-electron chi connectivity index (χ0n) is 10.0. The van der Waals surface area contributed by atoms with Crippen molar-refractivity contribution in [3.05, 3.63) is 0 Å². The molecule has 1 atom stereocenters. The van der Waals surface area contributed by atoms with Crippen molar-refractivity contribution < 1.29 is 0 Å². The van der Waals surface area contributed by atoms with Gasteiger partial charge in [0, 0.05) is 6.54 Å². The van der Waals surface area contributed by atoms with E-state index in [0.717, 1.165) is 25.6 Å². The first-order chi connectivity index (χ1) is 6.72. The summed E-state index contributed by atoms with van der Waals surface area (Å²) in [6, 6.07) is 0. The summed E-state index contributed by atoms with van der Waals surface area (Å²) in [5, 5.41) is 6.99. The van der Waals surface area contributed by atoms with Crippen LogP contribution in [0.15, 0.2) is 0 Å². The van der Waals surface area contributed by atoms with Gasteiger partial charge in [-0.2, -0.15) is 0 Å². The molecule has 0 radical (unpaired) electrons. The van der Waals surface area contributed by atoms with Gasteiger partial charge >= 0.3 is 0 Å². The van der Waals surface area contributed by atoms with Crippen LogP contribution in [-0.4, -0.2) is 26.2 Å². The molecule has 0 heterocycles. The molecule has 2 nitrogen and oxygen atoms in total. The van der Waals surface area contributed by atoms with Crippen molar-refractivity contribution in [3.8, 4) is 0 Å². The third-order valence-electron chi connectivity index (χ3n) is 3.44. The third kappa shape index (κ3) is 3.97. The fourth-order valence-electron chi connectivity index (χ4n) is 1.88. The highest BCUT2D eigenvalue weighted by Crippen LogP contribution is 2.47. The zero-order valence-corrected chi connectivity index (χ0v) is 10.0. The molecule has 0 aliphatic heterocycles. The van der Waals surface area contributed by atoms with E-state index in [1.807, 2.05) is 0 Å². The highest BCUT2D eigenvalue weighted by Gasteiger charge is 2.39. The number of hydrogen-bond acceptors (Lipinski definition) is 2. The van der Waals surface area contributed by atoms with Gasteiger partial charge < -0.3 is 10.6 Å². The second-order valence-corrected chi connectivity index (χ2v) is 4.90. The van der Waals surface area contributed by atoms with Gasteiger partial charge in [-0.05, 0) is 50.2 Å². The molecule has 1 aliphatic rings. The van der Waals surface area contributed by atoms with Gasteiger partial charge in [0.1, 0.15) is 0 Å². The lowest BCUT2D eigenvalue weighted by molar-refractivity contribution is 0.406. The van der Waals surface area contributed by atoms with E-state index >= 15 is 0 Å². The summed E-state index contributed by atoms with van der Waals surface area (Å²) in [7, 11) is 0. The Labute approximate surface area is 88.8 Å². The van der Waals surface area contributed by atoms with E-state index < -0.39 is 0 Å². The van der Waals surface area contributed by atoms with Gasteiger partial charge in [-0.3, -0.25) is 0 Å². The van der Waals surface area contributed by atoms with Crippen molar-refractivity contribution in [1.29, 1.82) is 0 Å². The first kappa shape index (κ1) is 12.0. The Kier molecular flexibility index (Phi) is 4.90. The molecule has 84 valence electrons. The summed E-state index contributed by atoms with van der Waals surface area (Å²) < 4.78 is 0. The van der Waals surface area contributed by atoms with Crippen LogP contribution in [0.25, 0.3) is 0 Å². The number of rotatable bonds is 8. The van der Waals surface area contributed by atoms with Crippen LogP contribution in [0.1, 0.15) is 40.0 Å². The Morgan fingerprint density at radius 1 is 1.14 bits per heavy atom. The van der Waals surface area contributed by atoms with Crippen molar-refractivity contribution in [2.45, 2.75) is 40.0 Å². The first-order valence-electron chi connectivity index (χ1n) is 6.14. The van der Waals surface area contributed by atoms with Crippen LogP contribution < -0.4 is 10.6 Å². The van der Waals surface area contributed by atoms with Gasteiger partial charge in [-0.1, -0.05) is 20.8 Å². The summed E-state index contributed by atoms with van der Waals surface area (Å²) in [5.41, 5.74) is 0.692. The van der Waals surface area contributed by atoms with Crippen LogP contribution in [0.3, 0.4) is 0 Å². The van der Waals surface area contributed by atoms with Crippen molar-refractivity contribution in [1.82, 2.24) is 10.6 Å². The normalized spacial score (nSPS) is 20.8. The minimum Gasteiger partial charge on any atom is -0.317 e. The topological polar surface area (TPSA) is 24.1 Å². The molecule has 1 aliphatic carbocycles. The molecule has 0 amide bonds. The van der Waals surface area contributed by atoms with Gasteiger partial charge in [-0.25, -0.2) is 0 Å². The van der Waals surface area contributed by atoms with Crippen molar-refractivity contribution in [2.24, 2.45) is 11.3 Å². The Balaban J connectivity index is 1.97. The molecule has 0 saturated heterocycles. The first-order valence-corrected chi connectivity index (χ1v) is 6.14. The average Bonchev–Trinajstić information content (AvgIpc) is 2.96. The Hall–Kier alpha value is -0.0800. The van der Waals surface area contributed by atoms with Crippen molar-refractivity contribution in [2.75, 3.05) is 26.2 Å². The molecule has 1 unspecified atom stereocenters. The molecule has 14 heavy (non-hydrogen) atoms. The van der Waals surface area contributed by atoms with E-state index in [0.29, 0.717) is 5.41 Å². The molecule has 1 rings (SSSR count). The van der Waals surface area contributed by atoms with Gasteiger partial charge in [-0.15, -0.1) is 0 Å². The molecule has 0 aromatic carbocycles. The third-order valence-corrected chi connectivity index (χ3v) is 3.44. The maximum atomic E-state index is 3.61. The largest absolute Gasteiger partial charge is 0.317 e. The molecule has 1 fully saturated rings. The average molecular weight is 198 g/mol. The van der Waals surface area contributed by atoms with Gasteiger partial charge in [0.05, 0.1) is 0 Å². The van der Waals surface area contributed by atoms with Gasteiger partial charge in [0.15, 0.2) is 0 Å². The SMILES string of the molecule is CCNCC(C)CNCC1(CC)CC1. The minimum absolute atomic E-state index is 0.692. The standard InChI is InChI=1S/C12H26N2/c1-4-12(6-7-12)10-14-9-11(3)8-13-5-2/h11,13-14H,4-10H2,1-3H3. The Bertz CT molecular complexity index is 152. The highest BCUT2D eigenvalue weighted by molar-refractivity contribution is 4.93. The lowest BCUT2D eigenvalue weighted by Gasteiger charge is -2.17. The van der Waals surface area contributed by atoms with Crippen LogP contribution in [0.2, 0.25) is 0 Å². The fourth-order valence-corrected chi connectivity index (χ4v) is 1.88. The van der Waals surface area contributed by atoms with E-state index in [2.05, 4.69) is 31.4 Å². The van der Waals surface area contributed by atoms with E-state index in [-0.39, 0.29) is 0 Å². The maximum Gasteiger partial charge on any atom is 0.000783 e. The van der Waals surface area contributed by atoms with Crippen molar-refractivity contribution in [3.63, 3.8) is 0 Å². The van der Waals surface area contributed by atoms with Crippen LogP contribution >= 0.6 is 0 Å². The van der Waals surface area contributed by atoms with Gasteiger partial charge in [0.25, 0.3) is 0 Å². The van der Waals surface area contributed by atoms with Gasteiger partial charge in [0.2, 0.25) is 0 Å². The van der Waals surface area contributed by atoms with Crippen LogP contribution in [-0.2, 0) is 0 Å². The van der Waals surface area contributed by atoms with E-state index in [1.54, 1.807) is 0 Å².